The van der Waals surface area contributed by atoms with Crippen LogP contribution in [0.25, 0.3) is 0 Å². The zero-order chi connectivity index (χ0) is 14.7. The minimum absolute atomic E-state index is 0.490. The third-order valence-corrected chi connectivity index (χ3v) is 3.73. The van der Waals surface area contributed by atoms with Gasteiger partial charge in [-0.2, -0.15) is 5.10 Å². The number of rotatable bonds is 3. The number of nitrogens with zero attached hydrogens (tertiary/aromatic N) is 1. The van der Waals surface area contributed by atoms with Gasteiger partial charge in [0.2, 0.25) is 0 Å². The van der Waals surface area contributed by atoms with E-state index in [2.05, 4.69) is 10.5 Å². The molecule has 2 aromatic carbocycles. The minimum Gasteiger partial charge on any atom is -0.278 e. The number of nitrogens with one attached hydrogen (secondary N) is 1. The molecule has 0 saturated carbocycles. The van der Waals surface area contributed by atoms with Crippen molar-refractivity contribution >= 4 is 57.8 Å². The first-order valence-corrected chi connectivity index (χ1v) is 7.19. The summed E-state index contributed by atoms with van der Waals surface area (Å²) in [6.45, 7) is 1.86. The van der Waals surface area contributed by atoms with E-state index in [4.69, 9.17) is 46.4 Å². The van der Waals surface area contributed by atoms with Crippen LogP contribution in [0.5, 0.6) is 0 Å². The minimum atomic E-state index is 0.490. The molecule has 0 aromatic heterocycles. The molecule has 0 fully saturated rings. The maximum atomic E-state index is 5.97. The van der Waals surface area contributed by atoms with E-state index in [9.17, 15) is 0 Å². The largest absolute Gasteiger partial charge is 0.278 e. The quantitative estimate of drug-likeness (QED) is 0.523. The van der Waals surface area contributed by atoms with Crippen molar-refractivity contribution in [3.8, 4) is 0 Å². The fraction of sp³-hybridized carbons (Fsp3) is 0.0714. The van der Waals surface area contributed by atoms with Crippen LogP contribution in [0, 0.1) is 0 Å². The molecule has 1 N–H and O–H groups in total. The van der Waals surface area contributed by atoms with Gasteiger partial charge in [-0.1, -0.05) is 52.5 Å². The molecule has 0 aliphatic heterocycles. The van der Waals surface area contributed by atoms with E-state index in [0.717, 1.165) is 11.3 Å². The Morgan fingerprint density at radius 1 is 0.900 bits per heavy atom. The Labute approximate surface area is 137 Å². The monoisotopic (exact) mass is 346 g/mol. The second-order valence-electron chi connectivity index (χ2n) is 4.10. The molecule has 0 spiro atoms. The lowest BCUT2D eigenvalue weighted by atomic mass is 10.1. The maximum Gasteiger partial charge on any atom is 0.0649 e. The molecule has 2 nitrogen and oxygen atoms in total. The lowest BCUT2D eigenvalue weighted by Crippen LogP contribution is -1.99. The molecule has 0 bridgehead atoms. The Balaban J connectivity index is 2.19. The second kappa shape index (κ2) is 6.68. The van der Waals surface area contributed by atoms with Crippen molar-refractivity contribution in [2.75, 3.05) is 5.43 Å². The van der Waals surface area contributed by atoms with E-state index in [-0.39, 0.29) is 0 Å². The standard InChI is InChI=1S/C14H10Cl4N2/c1-8(9-2-3-13(17)14(18)4-9)19-20-12-6-10(15)5-11(16)7-12/h2-7,20H,1H3/b19-8+. The summed E-state index contributed by atoms with van der Waals surface area (Å²) >= 11 is 23.7. The zero-order valence-corrected chi connectivity index (χ0v) is 13.4. The van der Waals surface area contributed by atoms with Gasteiger partial charge in [-0.3, -0.25) is 5.43 Å². The van der Waals surface area contributed by atoms with E-state index >= 15 is 0 Å². The highest BCUT2D eigenvalue weighted by Crippen LogP contribution is 2.24. The lowest BCUT2D eigenvalue weighted by molar-refractivity contribution is 1.32. The topological polar surface area (TPSA) is 24.4 Å². The van der Waals surface area contributed by atoms with E-state index in [1.165, 1.54) is 0 Å². The Kier molecular flexibility index (Phi) is 5.17. The summed E-state index contributed by atoms with van der Waals surface area (Å²) in [5.41, 5.74) is 5.25. The Hall–Kier alpha value is -0.930. The number of benzene rings is 2. The first-order valence-electron chi connectivity index (χ1n) is 5.67. The van der Waals surface area contributed by atoms with Crippen LogP contribution < -0.4 is 5.43 Å². The smallest absolute Gasteiger partial charge is 0.0649 e. The van der Waals surface area contributed by atoms with Crippen LogP contribution >= 0.6 is 46.4 Å². The van der Waals surface area contributed by atoms with Crippen LogP contribution in [0.4, 0.5) is 5.69 Å². The van der Waals surface area contributed by atoms with Crippen LogP contribution in [0.15, 0.2) is 41.5 Å². The molecule has 2 aromatic rings. The SMILES string of the molecule is C/C(=N\Nc1cc(Cl)cc(Cl)c1)c1ccc(Cl)c(Cl)c1. The molecular weight excluding hydrogens is 338 g/mol. The lowest BCUT2D eigenvalue weighted by Gasteiger charge is -2.06. The summed E-state index contributed by atoms with van der Waals surface area (Å²) in [7, 11) is 0. The molecular formula is C14H10Cl4N2. The molecule has 0 atom stereocenters. The van der Waals surface area contributed by atoms with Gasteiger partial charge in [0, 0.05) is 10.0 Å². The Bertz CT molecular complexity index is 648. The molecule has 6 heteroatoms. The average molecular weight is 348 g/mol. The maximum absolute atomic E-state index is 5.97. The van der Waals surface area contributed by atoms with Gasteiger partial charge >= 0.3 is 0 Å². The highest BCUT2D eigenvalue weighted by molar-refractivity contribution is 6.42. The van der Waals surface area contributed by atoms with E-state index in [1.54, 1.807) is 30.3 Å². The van der Waals surface area contributed by atoms with Gasteiger partial charge in [-0.15, -0.1) is 0 Å². The summed E-state index contributed by atoms with van der Waals surface area (Å²) in [6, 6.07) is 10.5. The van der Waals surface area contributed by atoms with E-state index < -0.39 is 0 Å². The Morgan fingerprint density at radius 3 is 2.15 bits per heavy atom. The van der Waals surface area contributed by atoms with Crippen molar-refractivity contribution in [3.63, 3.8) is 0 Å². The van der Waals surface area contributed by atoms with Gasteiger partial charge in [0.25, 0.3) is 0 Å². The molecule has 0 amide bonds. The molecule has 0 heterocycles. The van der Waals surface area contributed by atoms with Crippen molar-refractivity contribution < 1.29 is 0 Å². The van der Waals surface area contributed by atoms with Crippen LogP contribution in [0.2, 0.25) is 20.1 Å². The van der Waals surface area contributed by atoms with Gasteiger partial charge in [0.1, 0.15) is 0 Å². The van der Waals surface area contributed by atoms with Crippen molar-refractivity contribution in [3.05, 3.63) is 62.1 Å². The van der Waals surface area contributed by atoms with E-state index in [0.29, 0.717) is 25.8 Å². The second-order valence-corrected chi connectivity index (χ2v) is 5.78. The van der Waals surface area contributed by atoms with Crippen LogP contribution in [-0.2, 0) is 0 Å². The first kappa shape index (κ1) is 15.5. The highest BCUT2D eigenvalue weighted by atomic mass is 35.5. The molecule has 0 unspecified atom stereocenters. The molecule has 104 valence electrons. The van der Waals surface area contributed by atoms with E-state index in [1.807, 2.05) is 13.0 Å². The predicted octanol–water partition coefficient (Wildman–Crippen LogP) is 6.14. The third kappa shape index (κ3) is 4.03. The summed E-state index contributed by atoms with van der Waals surface area (Å²) in [5, 5.41) is 6.36. The summed E-state index contributed by atoms with van der Waals surface area (Å²) in [6.07, 6.45) is 0. The summed E-state index contributed by atoms with van der Waals surface area (Å²) < 4.78 is 0. The molecule has 0 aliphatic carbocycles. The van der Waals surface area contributed by atoms with Gasteiger partial charge in [0.05, 0.1) is 21.4 Å². The van der Waals surface area contributed by atoms with Gasteiger partial charge in [0.15, 0.2) is 0 Å². The highest BCUT2D eigenvalue weighted by Gasteiger charge is 2.03. The van der Waals surface area contributed by atoms with Crippen molar-refractivity contribution in [2.24, 2.45) is 5.10 Å². The molecule has 2 rings (SSSR count). The van der Waals surface area contributed by atoms with Crippen LogP contribution in [-0.4, -0.2) is 5.71 Å². The summed E-state index contributed by atoms with van der Waals surface area (Å²) in [5.74, 6) is 0. The number of halogens is 4. The number of hydrogen-bond donors (Lipinski definition) is 1. The zero-order valence-electron chi connectivity index (χ0n) is 10.4. The normalized spacial score (nSPS) is 11.6. The fourth-order valence-corrected chi connectivity index (χ4v) is 2.38. The summed E-state index contributed by atoms with van der Waals surface area (Å²) in [4.78, 5) is 0. The van der Waals surface area contributed by atoms with Crippen molar-refractivity contribution in [1.29, 1.82) is 0 Å². The number of hydrogen-bond acceptors (Lipinski definition) is 2. The van der Waals surface area contributed by atoms with Crippen molar-refractivity contribution in [1.82, 2.24) is 0 Å². The molecule has 20 heavy (non-hydrogen) atoms. The number of hydrazone groups is 1. The first-order chi connectivity index (χ1) is 9.45. The third-order valence-electron chi connectivity index (χ3n) is 2.55. The Morgan fingerprint density at radius 2 is 1.55 bits per heavy atom. The van der Waals surface area contributed by atoms with Crippen molar-refractivity contribution in [2.45, 2.75) is 6.92 Å². The molecule has 0 saturated heterocycles. The van der Waals surface area contributed by atoms with Crippen LogP contribution in [0.1, 0.15) is 12.5 Å². The van der Waals surface area contributed by atoms with Gasteiger partial charge in [-0.05, 0) is 42.8 Å². The molecule has 0 aliphatic rings. The van der Waals surface area contributed by atoms with Gasteiger partial charge < -0.3 is 0 Å². The fourth-order valence-electron chi connectivity index (χ4n) is 1.55. The molecule has 0 radical (unpaired) electrons. The predicted molar refractivity (Wildman–Crippen MR) is 88.8 cm³/mol. The van der Waals surface area contributed by atoms with Crippen LogP contribution in [0.3, 0.4) is 0 Å². The number of anilines is 1. The van der Waals surface area contributed by atoms with Gasteiger partial charge in [-0.25, -0.2) is 0 Å². The average Bonchev–Trinajstić information content (AvgIpc) is 2.38.